The zero-order chi connectivity index (χ0) is 14.8. The van der Waals surface area contributed by atoms with E-state index < -0.39 is 0 Å². The first-order valence-corrected chi connectivity index (χ1v) is 8.10. The zero-order valence-corrected chi connectivity index (χ0v) is 13.4. The molecule has 1 aliphatic rings. The van der Waals surface area contributed by atoms with Gasteiger partial charge in [0.25, 0.3) is 0 Å². The molecule has 0 aromatic rings. The number of nitrogens with zero attached hydrogens (tertiary/aromatic N) is 1. The minimum atomic E-state index is -0.0552. The Balaban J connectivity index is 2.03. The molecule has 1 saturated heterocycles. The number of hydrogen-bond acceptors (Lipinski definition) is 4. The Morgan fingerprint density at radius 2 is 1.70 bits per heavy atom. The van der Waals surface area contributed by atoms with E-state index in [1.807, 2.05) is 20.8 Å². The summed E-state index contributed by atoms with van der Waals surface area (Å²) in [5.41, 5.74) is 0. The minimum absolute atomic E-state index is 0.0139. The van der Waals surface area contributed by atoms with Gasteiger partial charge in [0.1, 0.15) is 0 Å². The van der Waals surface area contributed by atoms with Crippen molar-refractivity contribution in [1.82, 2.24) is 4.90 Å². The van der Waals surface area contributed by atoms with Crippen LogP contribution >= 0.6 is 0 Å². The van der Waals surface area contributed by atoms with E-state index in [9.17, 15) is 4.79 Å². The Morgan fingerprint density at radius 1 is 1.05 bits per heavy atom. The second-order valence-electron chi connectivity index (χ2n) is 6.06. The lowest BCUT2D eigenvalue weighted by Gasteiger charge is -2.28. The van der Waals surface area contributed by atoms with Crippen LogP contribution in [-0.2, 0) is 14.3 Å². The fourth-order valence-corrected chi connectivity index (χ4v) is 2.44. The van der Waals surface area contributed by atoms with Crippen molar-refractivity contribution in [2.24, 2.45) is 5.92 Å². The first-order valence-electron chi connectivity index (χ1n) is 8.10. The van der Waals surface area contributed by atoms with Crippen LogP contribution in [0.4, 0.5) is 0 Å². The average Bonchev–Trinajstić information content (AvgIpc) is 2.43. The Hall–Kier alpha value is -0.610. The number of carbonyl (C=O) groups excluding carboxylic acids is 1. The van der Waals surface area contributed by atoms with Gasteiger partial charge in [-0.1, -0.05) is 13.3 Å². The molecule has 0 N–H and O–H groups in total. The summed E-state index contributed by atoms with van der Waals surface area (Å²) in [6.45, 7) is 10.4. The molecule has 0 saturated carbocycles. The molecule has 1 heterocycles. The Morgan fingerprint density at radius 3 is 2.35 bits per heavy atom. The van der Waals surface area contributed by atoms with Crippen LogP contribution in [0.15, 0.2) is 0 Å². The van der Waals surface area contributed by atoms with Crippen molar-refractivity contribution in [1.29, 1.82) is 0 Å². The number of piperidine rings is 1. The number of carbonyl (C=O) groups is 1. The lowest BCUT2D eigenvalue weighted by atomic mass is 10.1. The quantitative estimate of drug-likeness (QED) is 0.482. The first-order chi connectivity index (χ1) is 9.59. The second kappa shape index (κ2) is 10.2. The van der Waals surface area contributed by atoms with Crippen molar-refractivity contribution in [2.75, 3.05) is 32.8 Å². The molecule has 0 spiro atoms. The normalized spacial score (nSPS) is 18.2. The van der Waals surface area contributed by atoms with Gasteiger partial charge in [-0.25, -0.2) is 0 Å². The van der Waals surface area contributed by atoms with Crippen molar-refractivity contribution in [3.63, 3.8) is 0 Å². The van der Waals surface area contributed by atoms with E-state index in [-0.39, 0.29) is 18.0 Å². The molecule has 1 fully saturated rings. The van der Waals surface area contributed by atoms with E-state index in [2.05, 4.69) is 4.90 Å². The molecule has 1 unspecified atom stereocenters. The molecule has 4 heteroatoms. The van der Waals surface area contributed by atoms with Gasteiger partial charge in [0, 0.05) is 13.2 Å². The van der Waals surface area contributed by atoms with Crippen LogP contribution in [0.5, 0.6) is 0 Å². The van der Waals surface area contributed by atoms with Gasteiger partial charge in [-0.3, -0.25) is 4.79 Å². The summed E-state index contributed by atoms with van der Waals surface area (Å²) in [4.78, 5) is 14.3. The average molecular weight is 285 g/mol. The van der Waals surface area contributed by atoms with Gasteiger partial charge in [0.05, 0.1) is 18.6 Å². The maximum Gasteiger partial charge on any atom is 0.309 e. The summed E-state index contributed by atoms with van der Waals surface area (Å²) in [5, 5.41) is 0. The Kier molecular flexibility index (Phi) is 8.86. The van der Waals surface area contributed by atoms with Gasteiger partial charge in [0.15, 0.2) is 0 Å². The predicted octanol–water partition coefficient (Wildman–Crippen LogP) is 2.86. The molecule has 0 bridgehead atoms. The van der Waals surface area contributed by atoms with E-state index in [4.69, 9.17) is 9.47 Å². The van der Waals surface area contributed by atoms with Crippen LogP contribution in [0.2, 0.25) is 0 Å². The van der Waals surface area contributed by atoms with Crippen LogP contribution in [0.3, 0.4) is 0 Å². The van der Waals surface area contributed by atoms with E-state index in [0.717, 1.165) is 39.1 Å². The van der Waals surface area contributed by atoms with Gasteiger partial charge in [0.2, 0.25) is 0 Å². The van der Waals surface area contributed by atoms with Crippen LogP contribution < -0.4 is 0 Å². The van der Waals surface area contributed by atoms with Crippen molar-refractivity contribution >= 4 is 5.97 Å². The largest absolute Gasteiger partial charge is 0.465 e. The molecule has 1 rings (SSSR count). The van der Waals surface area contributed by atoms with Gasteiger partial charge >= 0.3 is 5.97 Å². The molecule has 4 nitrogen and oxygen atoms in total. The van der Waals surface area contributed by atoms with Crippen LogP contribution in [-0.4, -0.2) is 49.8 Å². The summed E-state index contributed by atoms with van der Waals surface area (Å²) in [7, 11) is 0. The van der Waals surface area contributed by atoms with Gasteiger partial charge in [-0.15, -0.1) is 0 Å². The highest BCUT2D eigenvalue weighted by Crippen LogP contribution is 2.11. The fraction of sp³-hybridized carbons (Fsp3) is 0.938. The van der Waals surface area contributed by atoms with Gasteiger partial charge in [-0.05, 0) is 52.6 Å². The zero-order valence-electron chi connectivity index (χ0n) is 13.4. The van der Waals surface area contributed by atoms with Crippen molar-refractivity contribution in [3.05, 3.63) is 0 Å². The third-order valence-corrected chi connectivity index (χ3v) is 3.62. The standard InChI is InChI=1S/C16H31NO3/c1-14(2)19-11-7-8-12-20-16(18)15(3)13-17-9-5-4-6-10-17/h14-15H,4-13H2,1-3H3. The SMILES string of the molecule is CC(C)OCCCCOC(=O)C(C)CN1CCCCC1. The fourth-order valence-electron chi connectivity index (χ4n) is 2.44. The van der Waals surface area contributed by atoms with Crippen LogP contribution in [0, 0.1) is 5.92 Å². The molecule has 1 atom stereocenters. The minimum Gasteiger partial charge on any atom is -0.465 e. The molecule has 0 radical (unpaired) electrons. The van der Waals surface area contributed by atoms with Gasteiger partial charge in [-0.2, -0.15) is 0 Å². The van der Waals surface area contributed by atoms with Crippen LogP contribution in [0.25, 0.3) is 0 Å². The molecule has 1 aliphatic heterocycles. The Bertz CT molecular complexity index is 262. The van der Waals surface area contributed by atoms with Gasteiger partial charge < -0.3 is 14.4 Å². The summed E-state index contributed by atoms with van der Waals surface area (Å²) in [5.74, 6) is -0.0691. The third-order valence-electron chi connectivity index (χ3n) is 3.62. The number of likely N-dealkylation sites (tertiary alicyclic amines) is 1. The lowest BCUT2D eigenvalue weighted by molar-refractivity contribution is -0.148. The third kappa shape index (κ3) is 7.85. The predicted molar refractivity (Wildman–Crippen MR) is 80.7 cm³/mol. The molecule has 0 aromatic carbocycles. The van der Waals surface area contributed by atoms with Crippen molar-refractivity contribution in [3.8, 4) is 0 Å². The van der Waals surface area contributed by atoms with Crippen molar-refractivity contribution in [2.45, 2.75) is 59.0 Å². The first kappa shape index (κ1) is 17.4. The summed E-state index contributed by atoms with van der Waals surface area (Å²) in [6, 6.07) is 0. The van der Waals surface area contributed by atoms with E-state index >= 15 is 0 Å². The molecule has 0 aliphatic carbocycles. The number of rotatable bonds is 9. The monoisotopic (exact) mass is 285 g/mol. The maximum atomic E-state index is 11.9. The number of hydrogen-bond donors (Lipinski definition) is 0. The molecule has 20 heavy (non-hydrogen) atoms. The van der Waals surface area contributed by atoms with Crippen LogP contribution in [0.1, 0.15) is 52.9 Å². The molecular formula is C16H31NO3. The Labute approximate surface area is 123 Å². The molecular weight excluding hydrogens is 254 g/mol. The van der Waals surface area contributed by atoms with E-state index in [1.54, 1.807) is 0 Å². The number of esters is 1. The molecule has 0 aromatic heterocycles. The lowest BCUT2D eigenvalue weighted by Crippen LogP contribution is -2.36. The smallest absolute Gasteiger partial charge is 0.309 e. The topological polar surface area (TPSA) is 38.8 Å². The van der Waals surface area contributed by atoms with E-state index in [0.29, 0.717) is 6.61 Å². The maximum absolute atomic E-state index is 11.9. The summed E-state index contributed by atoms with van der Waals surface area (Å²) >= 11 is 0. The molecule has 0 amide bonds. The highest BCUT2D eigenvalue weighted by atomic mass is 16.5. The summed E-state index contributed by atoms with van der Waals surface area (Å²) in [6.07, 6.45) is 5.96. The summed E-state index contributed by atoms with van der Waals surface area (Å²) < 4.78 is 10.8. The van der Waals surface area contributed by atoms with E-state index in [1.165, 1.54) is 19.3 Å². The highest BCUT2D eigenvalue weighted by Gasteiger charge is 2.19. The van der Waals surface area contributed by atoms with Crippen molar-refractivity contribution < 1.29 is 14.3 Å². The second-order valence-corrected chi connectivity index (χ2v) is 6.06. The highest BCUT2D eigenvalue weighted by molar-refractivity contribution is 5.72. The number of unbranched alkanes of at least 4 members (excludes halogenated alkanes) is 1. The number of ether oxygens (including phenoxy) is 2. The molecule has 118 valence electrons.